The van der Waals surface area contributed by atoms with Gasteiger partial charge in [-0.3, -0.25) is 4.79 Å². The Bertz CT molecular complexity index is 801. The van der Waals surface area contributed by atoms with Crippen LogP contribution in [0.25, 0.3) is 11.4 Å². The van der Waals surface area contributed by atoms with E-state index in [-0.39, 0.29) is 5.91 Å². The maximum absolute atomic E-state index is 12.3. The van der Waals surface area contributed by atoms with E-state index in [1.807, 2.05) is 30.3 Å². The van der Waals surface area contributed by atoms with Crippen LogP contribution in [0.15, 0.2) is 30.3 Å². The molecule has 4 rings (SSSR count). The van der Waals surface area contributed by atoms with Crippen LogP contribution < -0.4 is 10.6 Å². The first-order valence-electron chi connectivity index (χ1n) is 9.35. The zero-order valence-corrected chi connectivity index (χ0v) is 14.8. The number of nitrogens with one attached hydrogen (secondary N) is 2. The first-order chi connectivity index (χ1) is 12.6. The second-order valence-electron chi connectivity index (χ2n) is 7.23. The Morgan fingerprint density at radius 3 is 2.65 bits per heavy atom. The van der Waals surface area contributed by atoms with Crippen LogP contribution >= 0.6 is 0 Å². The van der Waals surface area contributed by atoms with Gasteiger partial charge in [0.25, 0.3) is 5.91 Å². The van der Waals surface area contributed by atoms with E-state index in [9.17, 15) is 9.90 Å². The Hall–Kier alpha value is -2.47. The minimum Gasteiger partial charge on any atom is -0.388 e. The molecule has 1 aliphatic carbocycles. The third-order valence-electron chi connectivity index (χ3n) is 5.28. The number of carbonyl (C=O) groups is 1. The molecule has 0 unspecified atom stereocenters. The lowest BCUT2D eigenvalue weighted by atomic mass is 9.85. The van der Waals surface area contributed by atoms with Crippen LogP contribution in [-0.2, 0) is 6.42 Å². The van der Waals surface area contributed by atoms with E-state index in [0.29, 0.717) is 36.8 Å². The number of fused-ring (bicyclic) bond motifs is 1. The molecule has 1 aliphatic heterocycles. The summed E-state index contributed by atoms with van der Waals surface area (Å²) in [7, 11) is 0. The third-order valence-corrected chi connectivity index (χ3v) is 5.28. The summed E-state index contributed by atoms with van der Waals surface area (Å²) in [5.74, 6) is 1.03. The van der Waals surface area contributed by atoms with Gasteiger partial charge in [0.1, 0.15) is 11.5 Å². The Morgan fingerprint density at radius 1 is 1.12 bits per heavy atom. The molecule has 0 radical (unpaired) electrons. The smallest absolute Gasteiger partial charge is 0.270 e. The number of aromatic nitrogens is 2. The zero-order chi connectivity index (χ0) is 18.0. The second kappa shape index (κ2) is 7.03. The minimum absolute atomic E-state index is 0.162. The van der Waals surface area contributed by atoms with Crippen molar-refractivity contribution in [3.8, 4) is 11.4 Å². The van der Waals surface area contributed by atoms with Crippen molar-refractivity contribution in [3.05, 3.63) is 41.6 Å². The molecule has 0 spiro atoms. The first kappa shape index (κ1) is 17.0. The molecule has 0 bridgehead atoms. The van der Waals surface area contributed by atoms with Crippen molar-refractivity contribution >= 4 is 11.7 Å². The fourth-order valence-electron chi connectivity index (χ4n) is 3.79. The van der Waals surface area contributed by atoms with E-state index in [1.54, 1.807) is 0 Å². The summed E-state index contributed by atoms with van der Waals surface area (Å²) < 4.78 is 0. The van der Waals surface area contributed by atoms with Gasteiger partial charge < -0.3 is 15.7 Å². The van der Waals surface area contributed by atoms with Crippen LogP contribution in [0.3, 0.4) is 0 Å². The predicted octanol–water partition coefficient (Wildman–Crippen LogP) is 2.54. The monoisotopic (exact) mass is 352 g/mol. The lowest BCUT2D eigenvalue weighted by molar-refractivity contribution is 0.0166. The van der Waals surface area contributed by atoms with Crippen molar-refractivity contribution in [2.24, 2.45) is 0 Å². The van der Waals surface area contributed by atoms with Gasteiger partial charge in [0.2, 0.25) is 0 Å². The average Bonchev–Trinajstić information content (AvgIpc) is 2.68. The van der Waals surface area contributed by atoms with Gasteiger partial charge in [-0.25, -0.2) is 9.97 Å². The molecule has 1 amide bonds. The number of anilines is 1. The standard InChI is InChI=1S/C20H24N4O2/c25-19-16-15(9-12-21-19)18(22-13-20(26)10-5-2-6-11-20)24-17(23-16)14-7-3-1-4-8-14/h1,3-4,7-8,26H,2,5-6,9-13H2,(H,21,25)(H,22,23,24). The summed E-state index contributed by atoms with van der Waals surface area (Å²) in [6, 6.07) is 9.65. The van der Waals surface area contributed by atoms with Gasteiger partial charge in [0.05, 0.1) is 5.60 Å². The highest BCUT2D eigenvalue weighted by Gasteiger charge is 2.30. The quantitative estimate of drug-likeness (QED) is 0.787. The maximum Gasteiger partial charge on any atom is 0.270 e. The molecule has 3 N–H and O–H groups in total. The fourth-order valence-corrected chi connectivity index (χ4v) is 3.79. The number of carbonyl (C=O) groups excluding carboxylic acids is 1. The van der Waals surface area contributed by atoms with E-state index in [4.69, 9.17) is 4.98 Å². The number of hydrogen-bond donors (Lipinski definition) is 3. The van der Waals surface area contributed by atoms with Crippen LogP contribution in [0.1, 0.15) is 48.2 Å². The molecule has 0 atom stereocenters. The molecule has 2 aliphatic rings. The summed E-state index contributed by atoms with van der Waals surface area (Å²) in [4.78, 5) is 21.5. The number of benzene rings is 1. The highest BCUT2D eigenvalue weighted by atomic mass is 16.3. The number of hydrogen-bond acceptors (Lipinski definition) is 5. The van der Waals surface area contributed by atoms with E-state index in [1.165, 1.54) is 6.42 Å². The van der Waals surface area contributed by atoms with Crippen molar-refractivity contribution < 1.29 is 9.90 Å². The normalized spacial score (nSPS) is 18.7. The number of amides is 1. The van der Waals surface area contributed by atoms with Gasteiger partial charge in [0.15, 0.2) is 5.82 Å². The molecular formula is C20H24N4O2. The van der Waals surface area contributed by atoms with Gasteiger partial charge in [-0.05, 0) is 19.3 Å². The van der Waals surface area contributed by atoms with E-state index in [2.05, 4.69) is 15.6 Å². The van der Waals surface area contributed by atoms with E-state index in [0.717, 1.165) is 36.8 Å². The zero-order valence-electron chi connectivity index (χ0n) is 14.8. The number of rotatable bonds is 4. The molecule has 1 fully saturated rings. The summed E-state index contributed by atoms with van der Waals surface area (Å²) in [6.07, 6.45) is 5.59. The van der Waals surface area contributed by atoms with Crippen molar-refractivity contribution in [2.45, 2.75) is 44.1 Å². The lowest BCUT2D eigenvalue weighted by Crippen LogP contribution is -2.40. The summed E-state index contributed by atoms with van der Waals surface area (Å²) in [6.45, 7) is 1.03. The highest BCUT2D eigenvalue weighted by molar-refractivity contribution is 5.96. The van der Waals surface area contributed by atoms with Gasteiger partial charge >= 0.3 is 0 Å². The molecule has 1 aromatic heterocycles. The first-order valence-corrected chi connectivity index (χ1v) is 9.35. The Labute approximate surface area is 153 Å². The van der Waals surface area contributed by atoms with E-state index < -0.39 is 5.60 Å². The molecular weight excluding hydrogens is 328 g/mol. The molecule has 0 saturated heterocycles. The van der Waals surface area contributed by atoms with Crippen molar-refractivity contribution in [1.29, 1.82) is 0 Å². The van der Waals surface area contributed by atoms with Gasteiger partial charge in [-0.1, -0.05) is 49.6 Å². The molecule has 26 heavy (non-hydrogen) atoms. The van der Waals surface area contributed by atoms with Gasteiger partial charge in [-0.2, -0.15) is 0 Å². The molecule has 136 valence electrons. The van der Waals surface area contributed by atoms with Crippen molar-refractivity contribution in [1.82, 2.24) is 15.3 Å². The molecule has 6 nitrogen and oxygen atoms in total. The lowest BCUT2D eigenvalue weighted by Gasteiger charge is -2.32. The second-order valence-corrected chi connectivity index (χ2v) is 7.23. The third kappa shape index (κ3) is 3.42. The predicted molar refractivity (Wildman–Crippen MR) is 100 cm³/mol. The highest BCUT2D eigenvalue weighted by Crippen LogP contribution is 2.30. The average molecular weight is 352 g/mol. The Kier molecular flexibility index (Phi) is 4.59. The number of nitrogens with zero attached hydrogens (tertiary/aromatic N) is 2. The summed E-state index contributed by atoms with van der Waals surface area (Å²) >= 11 is 0. The SMILES string of the molecule is O=C1NCCc2c(NCC3(O)CCCCC3)nc(-c3ccccc3)nc21. The van der Waals surface area contributed by atoms with Crippen LogP contribution in [0.5, 0.6) is 0 Å². The maximum atomic E-state index is 12.3. The summed E-state index contributed by atoms with van der Waals surface area (Å²) in [5.41, 5.74) is 1.45. The molecule has 2 heterocycles. The molecule has 1 aromatic carbocycles. The minimum atomic E-state index is -0.695. The van der Waals surface area contributed by atoms with Crippen molar-refractivity contribution in [3.63, 3.8) is 0 Å². The van der Waals surface area contributed by atoms with Crippen LogP contribution in [0, 0.1) is 0 Å². The molecule has 6 heteroatoms. The number of aliphatic hydroxyl groups is 1. The van der Waals surface area contributed by atoms with Crippen molar-refractivity contribution in [2.75, 3.05) is 18.4 Å². The molecule has 2 aromatic rings. The Morgan fingerprint density at radius 2 is 1.88 bits per heavy atom. The van der Waals surface area contributed by atoms with Crippen LogP contribution in [0.4, 0.5) is 5.82 Å². The largest absolute Gasteiger partial charge is 0.388 e. The Balaban J connectivity index is 1.68. The van der Waals surface area contributed by atoms with Crippen LogP contribution in [0.2, 0.25) is 0 Å². The summed E-state index contributed by atoms with van der Waals surface area (Å²) in [5, 5.41) is 17.0. The van der Waals surface area contributed by atoms with Gasteiger partial charge in [0, 0.05) is 24.2 Å². The fraction of sp³-hybridized carbons (Fsp3) is 0.450. The topological polar surface area (TPSA) is 87.1 Å². The van der Waals surface area contributed by atoms with Gasteiger partial charge in [-0.15, -0.1) is 0 Å². The molecule has 1 saturated carbocycles. The van der Waals surface area contributed by atoms with E-state index >= 15 is 0 Å². The van der Waals surface area contributed by atoms with Crippen LogP contribution in [-0.4, -0.2) is 39.7 Å².